The molecule has 1 atom stereocenters. The highest BCUT2D eigenvalue weighted by Gasteiger charge is 2.24. The molecule has 23 heavy (non-hydrogen) atoms. The smallest absolute Gasteiger partial charge is 0.270 e. The molecule has 1 amide bonds. The molecule has 0 aromatic carbocycles. The first-order chi connectivity index (χ1) is 10.8. The van der Waals surface area contributed by atoms with Crippen molar-refractivity contribution in [2.75, 3.05) is 5.73 Å². The molecule has 0 bridgehead atoms. The number of carbonyl (C=O) groups is 1. The zero-order valence-corrected chi connectivity index (χ0v) is 14.1. The van der Waals surface area contributed by atoms with Crippen LogP contribution in [-0.4, -0.2) is 30.6 Å². The number of rotatable bonds is 5. The van der Waals surface area contributed by atoms with Gasteiger partial charge in [0.05, 0.1) is 6.04 Å². The highest BCUT2D eigenvalue weighted by Crippen LogP contribution is 2.20. The first-order valence-electron chi connectivity index (χ1n) is 7.58. The summed E-state index contributed by atoms with van der Waals surface area (Å²) in [5.74, 6) is 0.792. The summed E-state index contributed by atoms with van der Waals surface area (Å²) in [5.41, 5.74) is 6.71. The zero-order chi connectivity index (χ0) is 17.1. The maximum atomic E-state index is 12.6. The van der Waals surface area contributed by atoms with Crippen LogP contribution in [0.4, 0.5) is 5.95 Å². The van der Waals surface area contributed by atoms with E-state index in [2.05, 4.69) is 25.4 Å². The number of nitrogens with one attached hydrogen (secondary N) is 1. The third-order valence-corrected chi connectivity index (χ3v) is 3.57. The minimum Gasteiger partial charge on any atom is -0.368 e. The number of aryl methyl sites for hydroxylation is 1. The third kappa shape index (κ3) is 3.82. The molecule has 0 spiro atoms. The molecular weight excluding hydrogens is 294 g/mol. The lowest BCUT2D eigenvalue weighted by molar-refractivity contribution is 0.0917. The van der Waals surface area contributed by atoms with E-state index in [1.807, 2.05) is 27.7 Å². The van der Waals surface area contributed by atoms with Gasteiger partial charge in [0.2, 0.25) is 5.95 Å². The van der Waals surface area contributed by atoms with E-state index in [1.165, 1.54) is 6.33 Å². The van der Waals surface area contributed by atoms with Crippen molar-refractivity contribution in [1.29, 1.82) is 0 Å². The number of hydrogen-bond donors (Lipinski definition) is 2. The van der Waals surface area contributed by atoms with Gasteiger partial charge in [-0.3, -0.25) is 9.48 Å². The Balaban J connectivity index is 2.28. The lowest BCUT2D eigenvalue weighted by Crippen LogP contribution is -2.34. The van der Waals surface area contributed by atoms with Crippen molar-refractivity contribution in [3.63, 3.8) is 0 Å². The van der Waals surface area contributed by atoms with Crippen molar-refractivity contribution in [2.24, 2.45) is 13.0 Å². The van der Waals surface area contributed by atoms with Crippen molar-refractivity contribution in [3.05, 3.63) is 29.6 Å². The van der Waals surface area contributed by atoms with Crippen LogP contribution in [0.2, 0.25) is 0 Å². The summed E-state index contributed by atoms with van der Waals surface area (Å²) in [5, 5.41) is 7.02. The van der Waals surface area contributed by atoms with E-state index in [0.717, 1.165) is 5.69 Å². The van der Waals surface area contributed by atoms with Gasteiger partial charge < -0.3 is 11.1 Å². The van der Waals surface area contributed by atoms with Gasteiger partial charge >= 0.3 is 0 Å². The van der Waals surface area contributed by atoms with Crippen LogP contribution in [-0.2, 0) is 7.05 Å². The van der Waals surface area contributed by atoms with E-state index in [4.69, 9.17) is 5.73 Å². The minimum atomic E-state index is -0.303. The molecule has 0 aliphatic heterocycles. The predicted molar refractivity (Wildman–Crippen MR) is 86.6 cm³/mol. The number of hydrogen-bond acceptors (Lipinski definition) is 6. The number of nitrogen functional groups attached to an aromatic ring is 1. The molecular formula is C15H23N7O. The summed E-state index contributed by atoms with van der Waals surface area (Å²) in [6.45, 7) is 7.99. The average molecular weight is 317 g/mol. The molecule has 2 rings (SSSR count). The first kappa shape index (κ1) is 16.9. The summed E-state index contributed by atoms with van der Waals surface area (Å²) in [4.78, 5) is 25.0. The van der Waals surface area contributed by atoms with Gasteiger partial charge in [-0.05, 0) is 17.9 Å². The molecule has 2 heterocycles. The Morgan fingerprint density at radius 3 is 2.48 bits per heavy atom. The quantitative estimate of drug-likeness (QED) is 0.863. The molecule has 0 saturated heterocycles. The van der Waals surface area contributed by atoms with E-state index < -0.39 is 0 Å². The largest absolute Gasteiger partial charge is 0.368 e. The van der Waals surface area contributed by atoms with E-state index in [-0.39, 0.29) is 35.4 Å². The van der Waals surface area contributed by atoms with Gasteiger partial charge in [0.15, 0.2) is 0 Å². The number of amides is 1. The van der Waals surface area contributed by atoms with E-state index in [9.17, 15) is 4.79 Å². The maximum Gasteiger partial charge on any atom is 0.270 e. The van der Waals surface area contributed by atoms with Crippen LogP contribution < -0.4 is 11.1 Å². The summed E-state index contributed by atoms with van der Waals surface area (Å²) < 4.78 is 1.65. The van der Waals surface area contributed by atoms with E-state index >= 15 is 0 Å². The minimum absolute atomic E-state index is 0.0982. The molecule has 124 valence electrons. The summed E-state index contributed by atoms with van der Waals surface area (Å²) >= 11 is 0. The zero-order valence-electron chi connectivity index (χ0n) is 14.1. The number of carbonyl (C=O) groups excluding carboxylic acids is 1. The monoisotopic (exact) mass is 317 g/mol. The first-order valence-corrected chi connectivity index (χ1v) is 7.58. The molecule has 3 N–H and O–H groups in total. The van der Waals surface area contributed by atoms with E-state index in [1.54, 1.807) is 17.8 Å². The van der Waals surface area contributed by atoms with Gasteiger partial charge in [-0.25, -0.2) is 15.0 Å². The molecule has 0 saturated carbocycles. The van der Waals surface area contributed by atoms with Gasteiger partial charge in [0, 0.05) is 12.7 Å². The van der Waals surface area contributed by atoms with Crippen LogP contribution in [0.3, 0.4) is 0 Å². The molecule has 2 aromatic rings. The van der Waals surface area contributed by atoms with Crippen molar-refractivity contribution >= 4 is 11.9 Å². The topological polar surface area (TPSA) is 112 Å². The number of aromatic nitrogens is 5. The van der Waals surface area contributed by atoms with Gasteiger partial charge in [-0.2, -0.15) is 5.10 Å². The molecule has 0 aliphatic rings. The Kier molecular flexibility index (Phi) is 4.92. The number of anilines is 1. The van der Waals surface area contributed by atoms with Crippen molar-refractivity contribution < 1.29 is 4.79 Å². The Hall–Kier alpha value is -2.51. The molecule has 8 nitrogen and oxygen atoms in total. The lowest BCUT2D eigenvalue weighted by atomic mass is 10.0. The van der Waals surface area contributed by atoms with Crippen LogP contribution in [0.1, 0.15) is 61.7 Å². The molecule has 0 fully saturated rings. The van der Waals surface area contributed by atoms with Crippen molar-refractivity contribution in [1.82, 2.24) is 30.0 Å². The second kappa shape index (κ2) is 6.72. The van der Waals surface area contributed by atoms with Gasteiger partial charge in [0.25, 0.3) is 5.91 Å². The fourth-order valence-corrected chi connectivity index (χ4v) is 2.23. The Bertz CT molecular complexity index is 693. The van der Waals surface area contributed by atoms with Crippen LogP contribution in [0.5, 0.6) is 0 Å². The fraction of sp³-hybridized carbons (Fsp3) is 0.533. The van der Waals surface area contributed by atoms with Crippen LogP contribution in [0.25, 0.3) is 0 Å². The fourth-order valence-electron chi connectivity index (χ4n) is 2.23. The highest BCUT2D eigenvalue weighted by molar-refractivity contribution is 5.92. The summed E-state index contributed by atoms with van der Waals surface area (Å²) in [7, 11) is 1.80. The normalized spacial score (nSPS) is 12.7. The Morgan fingerprint density at radius 1 is 1.26 bits per heavy atom. The standard InChI is InChI=1S/C15H23N7O/c1-8(2)10-6-11(20-15(16)19-10)14(23)21-12(9(3)4)13-17-7-18-22(13)5/h6-9,12H,1-5H3,(H,21,23)(H2,16,19,20)/t12-/m0/s1. The molecule has 2 aromatic heterocycles. The lowest BCUT2D eigenvalue weighted by Gasteiger charge is -2.21. The second-order valence-corrected chi connectivity index (χ2v) is 6.13. The van der Waals surface area contributed by atoms with Crippen LogP contribution in [0, 0.1) is 5.92 Å². The van der Waals surface area contributed by atoms with Crippen LogP contribution in [0.15, 0.2) is 12.4 Å². The second-order valence-electron chi connectivity index (χ2n) is 6.13. The van der Waals surface area contributed by atoms with Gasteiger partial charge in [-0.15, -0.1) is 0 Å². The number of nitrogens with two attached hydrogens (primary N) is 1. The SMILES string of the molecule is CC(C)c1cc(C(=O)N[C@H](c2ncnn2C)C(C)C)nc(N)n1. The molecule has 0 unspecified atom stereocenters. The molecule has 0 aliphatic carbocycles. The van der Waals surface area contributed by atoms with Gasteiger partial charge in [-0.1, -0.05) is 27.7 Å². The average Bonchev–Trinajstić information content (AvgIpc) is 2.89. The maximum absolute atomic E-state index is 12.6. The molecule has 8 heteroatoms. The molecule has 0 radical (unpaired) electrons. The number of nitrogens with zero attached hydrogens (tertiary/aromatic N) is 5. The Morgan fingerprint density at radius 2 is 1.96 bits per heavy atom. The summed E-state index contributed by atoms with van der Waals surface area (Å²) in [6.07, 6.45) is 1.47. The highest BCUT2D eigenvalue weighted by atomic mass is 16.2. The summed E-state index contributed by atoms with van der Waals surface area (Å²) in [6, 6.07) is 1.40. The van der Waals surface area contributed by atoms with Crippen LogP contribution >= 0.6 is 0 Å². The van der Waals surface area contributed by atoms with Gasteiger partial charge in [0.1, 0.15) is 17.8 Å². The van der Waals surface area contributed by atoms with Crippen molar-refractivity contribution in [3.8, 4) is 0 Å². The van der Waals surface area contributed by atoms with E-state index in [0.29, 0.717) is 5.82 Å². The third-order valence-electron chi connectivity index (χ3n) is 3.57. The predicted octanol–water partition coefficient (Wildman–Crippen LogP) is 1.44. The Labute approximate surface area is 135 Å². The van der Waals surface area contributed by atoms with Crippen molar-refractivity contribution in [2.45, 2.75) is 39.7 Å².